The highest BCUT2D eigenvalue weighted by Gasteiger charge is 2.43. The molecular formula is C16H23N7O3. The van der Waals surface area contributed by atoms with E-state index in [1.54, 1.807) is 17.2 Å². The highest BCUT2D eigenvalue weighted by molar-refractivity contribution is 5.41. The lowest BCUT2D eigenvalue weighted by Gasteiger charge is -2.34. The average molecular weight is 361 g/mol. The van der Waals surface area contributed by atoms with Crippen LogP contribution in [0.2, 0.25) is 0 Å². The number of fused-ring (bicyclic) bond motifs is 1. The minimum Gasteiger partial charge on any atom is -0.483 e. The summed E-state index contributed by atoms with van der Waals surface area (Å²) in [6.07, 6.45) is 6.33. The molecule has 10 nitrogen and oxygen atoms in total. The smallest absolute Gasteiger partial charge is 0.290 e. The van der Waals surface area contributed by atoms with Gasteiger partial charge in [-0.1, -0.05) is 0 Å². The summed E-state index contributed by atoms with van der Waals surface area (Å²) < 4.78 is 1.79. The van der Waals surface area contributed by atoms with E-state index in [1.807, 2.05) is 13.1 Å². The second kappa shape index (κ2) is 8.09. The molecule has 2 aromatic heterocycles. The lowest BCUT2D eigenvalue weighted by molar-refractivity contribution is -0.122. The Morgan fingerprint density at radius 3 is 2.69 bits per heavy atom. The maximum Gasteiger partial charge on any atom is 0.290 e. The fourth-order valence-corrected chi connectivity index (χ4v) is 3.88. The first-order chi connectivity index (χ1) is 12.7. The molecule has 0 radical (unpaired) electrons. The van der Waals surface area contributed by atoms with Crippen molar-refractivity contribution in [3.8, 4) is 0 Å². The van der Waals surface area contributed by atoms with E-state index in [0.717, 1.165) is 37.7 Å². The van der Waals surface area contributed by atoms with Gasteiger partial charge in [0.15, 0.2) is 0 Å². The number of hydrogen-bond donors (Lipinski definition) is 3. The van der Waals surface area contributed by atoms with Crippen molar-refractivity contribution in [2.24, 2.45) is 11.8 Å². The molecule has 0 spiro atoms. The zero-order valence-electron chi connectivity index (χ0n) is 14.5. The number of aromatic nitrogens is 5. The number of nitrogens with zero attached hydrogens (tertiary/aromatic N) is 6. The molecule has 2 aliphatic rings. The molecule has 10 heteroatoms. The molecule has 26 heavy (non-hydrogen) atoms. The largest absolute Gasteiger partial charge is 0.483 e. The fourth-order valence-electron chi connectivity index (χ4n) is 3.88. The highest BCUT2D eigenvalue weighted by atomic mass is 16.3. The van der Waals surface area contributed by atoms with Gasteiger partial charge in [-0.3, -0.25) is 4.79 Å². The Hall–Kier alpha value is -2.75. The third-order valence-corrected chi connectivity index (χ3v) is 5.07. The molecule has 4 atom stereocenters. The Balaban J connectivity index is 0.000000613. The van der Waals surface area contributed by atoms with Crippen LogP contribution >= 0.6 is 0 Å². The fraction of sp³-hybridized carbons (Fsp3) is 0.562. The Kier molecular flexibility index (Phi) is 5.61. The van der Waals surface area contributed by atoms with E-state index in [4.69, 9.17) is 9.90 Å². The third-order valence-electron chi connectivity index (χ3n) is 5.07. The first-order valence-corrected chi connectivity index (χ1v) is 8.52. The lowest BCUT2D eigenvalue weighted by Crippen LogP contribution is -2.36. The van der Waals surface area contributed by atoms with E-state index in [2.05, 4.69) is 30.3 Å². The van der Waals surface area contributed by atoms with Crippen molar-refractivity contribution >= 4 is 18.2 Å². The van der Waals surface area contributed by atoms with Crippen LogP contribution in [0, 0.1) is 11.8 Å². The minimum absolute atomic E-state index is 0.0169. The van der Waals surface area contributed by atoms with Gasteiger partial charge < -0.3 is 20.4 Å². The van der Waals surface area contributed by atoms with E-state index in [1.165, 1.54) is 6.33 Å². The second-order valence-electron chi connectivity index (χ2n) is 6.50. The van der Waals surface area contributed by atoms with Crippen LogP contribution in [0.25, 0.3) is 0 Å². The molecule has 4 rings (SSSR count). The summed E-state index contributed by atoms with van der Waals surface area (Å²) in [4.78, 5) is 23.5. The summed E-state index contributed by atoms with van der Waals surface area (Å²) in [6.45, 7) is 1.58. The Labute approximate surface area is 150 Å². The highest BCUT2D eigenvalue weighted by Crippen LogP contribution is 2.41. The van der Waals surface area contributed by atoms with Crippen LogP contribution in [-0.2, 0) is 4.79 Å². The van der Waals surface area contributed by atoms with Gasteiger partial charge in [0.05, 0.1) is 12.1 Å². The number of carboxylic acid groups (broad SMARTS) is 1. The van der Waals surface area contributed by atoms with Gasteiger partial charge in [-0.25, -0.2) is 14.6 Å². The standard InChI is InChI=1S/C15H21N7O.CH2O2/c1-16-14-2-3-18-15(20-14)21-6-10-4-12(22-9-17-8-19-22)13(23)5-11(10)7-21;2-1-3/h2-3,8-13,23H,4-7H2,1H3,(H,16,18,20);1H,(H,2,3)/t10-,11+,12-,13-;/m1./s1. The number of carbonyl (C=O) groups is 1. The molecule has 2 aromatic rings. The van der Waals surface area contributed by atoms with Crippen molar-refractivity contribution < 1.29 is 15.0 Å². The summed E-state index contributed by atoms with van der Waals surface area (Å²) in [5.41, 5.74) is 0. The Morgan fingerprint density at radius 2 is 2.04 bits per heavy atom. The van der Waals surface area contributed by atoms with Crippen molar-refractivity contribution in [3.63, 3.8) is 0 Å². The summed E-state index contributed by atoms with van der Waals surface area (Å²) in [7, 11) is 1.86. The van der Waals surface area contributed by atoms with Gasteiger partial charge in [-0.15, -0.1) is 0 Å². The zero-order valence-corrected chi connectivity index (χ0v) is 14.5. The van der Waals surface area contributed by atoms with Crippen molar-refractivity contribution in [2.45, 2.75) is 25.0 Å². The predicted octanol–water partition coefficient (Wildman–Crippen LogP) is 0.259. The van der Waals surface area contributed by atoms with Crippen LogP contribution in [0.15, 0.2) is 24.9 Å². The summed E-state index contributed by atoms with van der Waals surface area (Å²) in [6, 6.07) is 1.88. The maximum absolute atomic E-state index is 10.5. The van der Waals surface area contributed by atoms with Crippen LogP contribution < -0.4 is 10.2 Å². The van der Waals surface area contributed by atoms with Crippen molar-refractivity contribution in [1.29, 1.82) is 0 Å². The van der Waals surface area contributed by atoms with E-state index >= 15 is 0 Å². The summed E-state index contributed by atoms with van der Waals surface area (Å²) in [5.74, 6) is 2.59. The Bertz CT molecular complexity index is 712. The van der Waals surface area contributed by atoms with Crippen molar-refractivity contribution in [3.05, 3.63) is 24.9 Å². The van der Waals surface area contributed by atoms with Gasteiger partial charge in [0, 0.05) is 26.3 Å². The molecule has 1 saturated heterocycles. The molecule has 0 amide bonds. The first-order valence-electron chi connectivity index (χ1n) is 8.52. The van der Waals surface area contributed by atoms with Crippen LogP contribution in [-0.4, -0.2) is 67.7 Å². The number of nitrogens with one attached hydrogen (secondary N) is 1. The van der Waals surface area contributed by atoms with Gasteiger partial charge in [0.25, 0.3) is 6.47 Å². The van der Waals surface area contributed by atoms with Crippen LogP contribution in [0.4, 0.5) is 11.8 Å². The second-order valence-corrected chi connectivity index (χ2v) is 6.50. The van der Waals surface area contributed by atoms with Crippen molar-refractivity contribution in [1.82, 2.24) is 24.7 Å². The number of aliphatic hydroxyl groups is 1. The third kappa shape index (κ3) is 3.74. The van der Waals surface area contributed by atoms with Gasteiger partial charge >= 0.3 is 0 Å². The van der Waals surface area contributed by atoms with Crippen LogP contribution in [0.3, 0.4) is 0 Å². The quantitative estimate of drug-likeness (QED) is 0.659. The number of aliphatic hydroxyl groups excluding tert-OH is 1. The molecular weight excluding hydrogens is 338 g/mol. The summed E-state index contributed by atoms with van der Waals surface area (Å²) >= 11 is 0. The molecule has 0 bridgehead atoms. The van der Waals surface area contributed by atoms with Gasteiger partial charge in [-0.05, 0) is 30.7 Å². The molecule has 140 valence electrons. The lowest BCUT2D eigenvalue weighted by atomic mass is 9.77. The number of rotatable bonds is 3. The zero-order chi connectivity index (χ0) is 18.5. The van der Waals surface area contributed by atoms with Crippen molar-refractivity contribution in [2.75, 3.05) is 30.4 Å². The normalized spacial score (nSPS) is 27.2. The molecule has 1 aliphatic carbocycles. The van der Waals surface area contributed by atoms with E-state index in [0.29, 0.717) is 11.8 Å². The van der Waals surface area contributed by atoms with E-state index in [-0.39, 0.29) is 18.6 Å². The molecule has 0 unspecified atom stereocenters. The van der Waals surface area contributed by atoms with E-state index in [9.17, 15) is 5.11 Å². The molecule has 0 aromatic carbocycles. The van der Waals surface area contributed by atoms with Crippen LogP contribution in [0.5, 0.6) is 0 Å². The van der Waals surface area contributed by atoms with Gasteiger partial charge in [0.2, 0.25) is 5.95 Å². The number of anilines is 2. The van der Waals surface area contributed by atoms with Gasteiger partial charge in [0.1, 0.15) is 18.5 Å². The van der Waals surface area contributed by atoms with Crippen LogP contribution in [0.1, 0.15) is 18.9 Å². The SMILES string of the molecule is CNc1ccnc(N2C[C@H]3C[C@@H](n4cncn4)[C@H](O)C[C@H]3C2)n1.O=CO. The molecule has 2 fully saturated rings. The predicted molar refractivity (Wildman–Crippen MR) is 93.8 cm³/mol. The summed E-state index contributed by atoms with van der Waals surface area (Å²) in [5, 5.41) is 24.6. The maximum atomic E-state index is 10.5. The Morgan fingerprint density at radius 1 is 1.31 bits per heavy atom. The minimum atomic E-state index is -0.373. The molecule has 1 aliphatic heterocycles. The van der Waals surface area contributed by atoms with E-state index < -0.39 is 0 Å². The molecule has 3 heterocycles. The monoisotopic (exact) mass is 361 g/mol. The molecule has 1 saturated carbocycles. The topological polar surface area (TPSA) is 129 Å². The molecule has 3 N–H and O–H groups in total. The average Bonchev–Trinajstić information content (AvgIpc) is 3.31. The van der Waals surface area contributed by atoms with Gasteiger partial charge in [-0.2, -0.15) is 10.1 Å². The number of hydrogen-bond acceptors (Lipinski definition) is 8. The first kappa shape index (κ1) is 18.1.